The van der Waals surface area contributed by atoms with Gasteiger partial charge in [-0.15, -0.1) is 0 Å². The Bertz CT molecular complexity index is 505. The minimum absolute atomic E-state index is 0.160. The number of amides is 1. The number of thioether (sulfide) groups is 1. The highest BCUT2D eigenvalue weighted by molar-refractivity contribution is 7.99. The second-order valence-corrected chi connectivity index (χ2v) is 6.83. The highest BCUT2D eigenvalue weighted by atomic mass is 32.2. The molecular formula is C16H21FN2O2S. The van der Waals surface area contributed by atoms with Gasteiger partial charge in [0, 0.05) is 37.1 Å². The van der Waals surface area contributed by atoms with Gasteiger partial charge >= 0.3 is 0 Å². The van der Waals surface area contributed by atoms with Crippen LogP contribution in [0.5, 0.6) is 0 Å². The van der Waals surface area contributed by atoms with E-state index in [2.05, 4.69) is 5.32 Å². The van der Waals surface area contributed by atoms with Crippen molar-refractivity contribution in [1.82, 2.24) is 10.2 Å². The first-order valence-electron chi connectivity index (χ1n) is 7.68. The minimum atomic E-state index is -0.256. The van der Waals surface area contributed by atoms with E-state index in [9.17, 15) is 9.18 Å². The molecular weight excluding hydrogens is 303 g/mol. The SMILES string of the molecule is O=C(CC1CSCCN1)N1CCOC(c2ccc(F)cc2)C1. The third kappa shape index (κ3) is 4.00. The molecule has 1 aromatic carbocycles. The molecule has 0 saturated carbocycles. The summed E-state index contributed by atoms with van der Waals surface area (Å²) >= 11 is 1.90. The lowest BCUT2D eigenvalue weighted by Crippen LogP contribution is -2.46. The second-order valence-electron chi connectivity index (χ2n) is 5.68. The van der Waals surface area contributed by atoms with Gasteiger partial charge in [0.25, 0.3) is 0 Å². The van der Waals surface area contributed by atoms with Crippen LogP contribution in [0.4, 0.5) is 4.39 Å². The highest BCUT2D eigenvalue weighted by Crippen LogP contribution is 2.23. The van der Waals surface area contributed by atoms with E-state index in [4.69, 9.17) is 4.74 Å². The lowest BCUT2D eigenvalue weighted by atomic mass is 10.1. The molecule has 1 aromatic rings. The average molecular weight is 324 g/mol. The van der Waals surface area contributed by atoms with Crippen molar-refractivity contribution in [2.75, 3.05) is 37.7 Å². The molecule has 0 spiro atoms. The third-order valence-corrected chi connectivity index (χ3v) is 5.21. The first-order chi connectivity index (χ1) is 10.7. The van der Waals surface area contributed by atoms with Gasteiger partial charge in [0.05, 0.1) is 13.2 Å². The molecule has 2 atom stereocenters. The normalized spacial score (nSPS) is 26.0. The van der Waals surface area contributed by atoms with Crippen LogP contribution in [0.2, 0.25) is 0 Å². The largest absolute Gasteiger partial charge is 0.370 e. The van der Waals surface area contributed by atoms with Crippen LogP contribution in [0.1, 0.15) is 18.1 Å². The van der Waals surface area contributed by atoms with Gasteiger partial charge in [0.2, 0.25) is 5.91 Å². The molecule has 2 aliphatic rings. The number of rotatable bonds is 3. The molecule has 1 N–H and O–H groups in total. The van der Waals surface area contributed by atoms with Crippen molar-refractivity contribution >= 4 is 17.7 Å². The summed E-state index contributed by atoms with van der Waals surface area (Å²) < 4.78 is 18.7. The van der Waals surface area contributed by atoms with Crippen LogP contribution in [-0.4, -0.2) is 54.6 Å². The second kappa shape index (κ2) is 7.44. The molecule has 2 saturated heterocycles. The minimum Gasteiger partial charge on any atom is -0.370 e. The standard InChI is InChI=1S/C16H21FN2O2S/c17-13-3-1-12(2-4-13)15-10-19(6-7-21-15)16(20)9-14-11-22-8-5-18-14/h1-4,14-15,18H,5-11H2. The Kier molecular flexibility index (Phi) is 5.33. The number of morpholine rings is 1. The van der Waals surface area contributed by atoms with Crippen LogP contribution in [0.15, 0.2) is 24.3 Å². The Balaban J connectivity index is 1.57. The monoisotopic (exact) mass is 324 g/mol. The summed E-state index contributed by atoms with van der Waals surface area (Å²) in [6, 6.07) is 6.60. The third-order valence-electron chi connectivity index (χ3n) is 4.08. The Morgan fingerprint density at radius 2 is 2.23 bits per heavy atom. The van der Waals surface area contributed by atoms with Crippen molar-refractivity contribution in [3.8, 4) is 0 Å². The van der Waals surface area contributed by atoms with Crippen LogP contribution in [0.3, 0.4) is 0 Å². The summed E-state index contributed by atoms with van der Waals surface area (Å²) in [6.07, 6.45) is 0.385. The Morgan fingerprint density at radius 1 is 1.41 bits per heavy atom. The Morgan fingerprint density at radius 3 is 2.95 bits per heavy atom. The predicted octanol–water partition coefficient (Wildman–Crippen LogP) is 1.82. The van der Waals surface area contributed by atoms with E-state index in [0.29, 0.717) is 26.1 Å². The van der Waals surface area contributed by atoms with E-state index in [1.54, 1.807) is 12.1 Å². The molecule has 0 aliphatic carbocycles. The van der Waals surface area contributed by atoms with Gasteiger partial charge in [0.15, 0.2) is 0 Å². The van der Waals surface area contributed by atoms with Gasteiger partial charge in [-0.1, -0.05) is 12.1 Å². The molecule has 4 nitrogen and oxygen atoms in total. The van der Waals surface area contributed by atoms with Crippen LogP contribution >= 0.6 is 11.8 Å². The molecule has 0 bridgehead atoms. The van der Waals surface area contributed by atoms with E-state index < -0.39 is 0 Å². The van der Waals surface area contributed by atoms with E-state index >= 15 is 0 Å². The number of nitrogens with zero attached hydrogens (tertiary/aromatic N) is 1. The van der Waals surface area contributed by atoms with Crippen molar-refractivity contribution in [1.29, 1.82) is 0 Å². The van der Waals surface area contributed by atoms with Gasteiger partial charge < -0.3 is 15.0 Å². The van der Waals surface area contributed by atoms with Crippen LogP contribution in [0, 0.1) is 5.82 Å². The molecule has 120 valence electrons. The van der Waals surface area contributed by atoms with Crippen molar-refractivity contribution in [2.45, 2.75) is 18.6 Å². The zero-order valence-electron chi connectivity index (χ0n) is 12.5. The van der Waals surface area contributed by atoms with Gasteiger partial charge in [-0.2, -0.15) is 11.8 Å². The number of hydrogen-bond donors (Lipinski definition) is 1. The van der Waals surface area contributed by atoms with Crippen LogP contribution < -0.4 is 5.32 Å². The smallest absolute Gasteiger partial charge is 0.224 e. The number of halogens is 1. The molecule has 0 radical (unpaired) electrons. The molecule has 2 unspecified atom stereocenters. The van der Waals surface area contributed by atoms with E-state index in [1.807, 2.05) is 16.7 Å². The molecule has 3 rings (SSSR count). The quantitative estimate of drug-likeness (QED) is 0.921. The molecule has 1 amide bonds. The van der Waals surface area contributed by atoms with Crippen molar-refractivity contribution in [3.05, 3.63) is 35.6 Å². The lowest BCUT2D eigenvalue weighted by Gasteiger charge is -2.34. The van der Waals surface area contributed by atoms with E-state index in [-0.39, 0.29) is 23.9 Å². The molecule has 6 heteroatoms. The maximum atomic E-state index is 13.0. The van der Waals surface area contributed by atoms with E-state index in [1.165, 1.54) is 12.1 Å². The van der Waals surface area contributed by atoms with Crippen molar-refractivity contribution in [3.63, 3.8) is 0 Å². The van der Waals surface area contributed by atoms with Crippen LogP contribution in [-0.2, 0) is 9.53 Å². The van der Waals surface area contributed by atoms with Crippen molar-refractivity contribution < 1.29 is 13.9 Å². The molecule has 2 heterocycles. The topological polar surface area (TPSA) is 41.6 Å². The van der Waals surface area contributed by atoms with Gasteiger partial charge in [-0.3, -0.25) is 4.79 Å². The average Bonchev–Trinajstić information content (AvgIpc) is 2.56. The fourth-order valence-electron chi connectivity index (χ4n) is 2.85. The van der Waals surface area contributed by atoms with Crippen molar-refractivity contribution in [2.24, 2.45) is 0 Å². The zero-order valence-corrected chi connectivity index (χ0v) is 13.3. The number of hydrogen-bond acceptors (Lipinski definition) is 4. The maximum absolute atomic E-state index is 13.0. The number of nitrogens with one attached hydrogen (secondary N) is 1. The van der Waals surface area contributed by atoms with Crippen LogP contribution in [0.25, 0.3) is 0 Å². The van der Waals surface area contributed by atoms with Gasteiger partial charge in [-0.05, 0) is 17.7 Å². The van der Waals surface area contributed by atoms with Gasteiger partial charge in [0.1, 0.15) is 11.9 Å². The summed E-state index contributed by atoms with van der Waals surface area (Å²) in [5.41, 5.74) is 0.922. The maximum Gasteiger partial charge on any atom is 0.224 e. The number of ether oxygens (including phenoxy) is 1. The lowest BCUT2D eigenvalue weighted by molar-refractivity contribution is -0.139. The number of carbonyl (C=O) groups is 1. The molecule has 22 heavy (non-hydrogen) atoms. The summed E-state index contributed by atoms with van der Waals surface area (Å²) in [4.78, 5) is 14.3. The number of carbonyl (C=O) groups excluding carboxylic acids is 1. The Hall–Kier alpha value is -1.11. The summed E-state index contributed by atoms with van der Waals surface area (Å²) in [5.74, 6) is 2.04. The molecule has 0 aromatic heterocycles. The zero-order chi connectivity index (χ0) is 15.4. The molecule has 2 fully saturated rings. The molecule has 2 aliphatic heterocycles. The Labute approximate surface area is 134 Å². The highest BCUT2D eigenvalue weighted by Gasteiger charge is 2.27. The summed E-state index contributed by atoms with van der Waals surface area (Å²) in [7, 11) is 0. The predicted molar refractivity (Wildman–Crippen MR) is 85.4 cm³/mol. The fourth-order valence-corrected chi connectivity index (χ4v) is 3.79. The van der Waals surface area contributed by atoms with Gasteiger partial charge in [-0.25, -0.2) is 4.39 Å². The van der Waals surface area contributed by atoms with E-state index in [0.717, 1.165) is 23.6 Å². The summed E-state index contributed by atoms with van der Waals surface area (Å²) in [5, 5.41) is 3.40. The first-order valence-corrected chi connectivity index (χ1v) is 8.84. The fraction of sp³-hybridized carbons (Fsp3) is 0.562. The number of benzene rings is 1. The first kappa shape index (κ1) is 15.8. The summed E-state index contributed by atoms with van der Waals surface area (Å²) in [6.45, 7) is 2.69.